The molecule has 1 nitrogen and oxygen atoms in total. The summed E-state index contributed by atoms with van der Waals surface area (Å²) in [5.74, 6) is 9.74. The minimum atomic E-state index is 0.474. The van der Waals surface area contributed by atoms with Crippen LogP contribution < -0.4 is 5.73 Å². The average molecular weight is 366 g/mol. The molecular formula is C25H51N. The van der Waals surface area contributed by atoms with Gasteiger partial charge in [-0.15, -0.1) is 5.92 Å². The maximum absolute atomic E-state index is 5.81. The van der Waals surface area contributed by atoms with E-state index in [-0.39, 0.29) is 0 Å². The third kappa shape index (κ3) is 8.04. The van der Waals surface area contributed by atoms with Gasteiger partial charge >= 0.3 is 0 Å². The molecule has 0 saturated heterocycles. The lowest BCUT2D eigenvalue weighted by Gasteiger charge is -2.47. The zero-order valence-electron chi connectivity index (χ0n) is 19.8. The quantitative estimate of drug-likeness (QED) is 0.373. The molecule has 1 aliphatic carbocycles. The van der Waals surface area contributed by atoms with E-state index in [4.69, 9.17) is 5.73 Å². The molecule has 0 aromatic heterocycles. The third-order valence-electron chi connectivity index (χ3n) is 6.58. The molecule has 0 aromatic rings. The van der Waals surface area contributed by atoms with Crippen molar-refractivity contribution in [2.75, 3.05) is 6.54 Å². The minimum absolute atomic E-state index is 0.474. The smallest absolute Gasteiger partial charge is 0.0242 e. The largest absolute Gasteiger partial charge is 0.330 e. The van der Waals surface area contributed by atoms with Gasteiger partial charge in [0.25, 0.3) is 0 Å². The Morgan fingerprint density at radius 3 is 2.00 bits per heavy atom. The van der Waals surface area contributed by atoms with Gasteiger partial charge in [0.2, 0.25) is 0 Å². The Hall–Kier alpha value is -0.480. The highest BCUT2D eigenvalue weighted by molar-refractivity contribution is 5.13. The standard InChI is InChI=1S/C21H39N.2C2H6/c1-6-20(7-2)21(8-3,15-11-12-17(4)16-22)18(5)19-13-9-10-14-19;2*1-2/h17-20H,6-9,11-13,15-16,22H2,1-5H3;2*1-2H3. The van der Waals surface area contributed by atoms with Crippen molar-refractivity contribution in [1.82, 2.24) is 0 Å². The summed E-state index contributed by atoms with van der Waals surface area (Å²) >= 11 is 0. The van der Waals surface area contributed by atoms with E-state index >= 15 is 0 Å². The molecule has 156 valence electrons. The van der Waals surface area contributed by atoms with Gasteiger partial charge in [0, 0.05) is 12.3 Å². The summed E-state index contributed by atoms with van der Waals surface area (Å²) in [5.41, 5.74) is 6.28. The van der Waals surface area contributed by atoms with Gasteiger partial charge in [0.15, 0.2) is 0 Å². The van der Waals surface area contributed by atoms with Crippen LogP contribution in [0.25, 0.3) is 0 Å². The van der Waals surface area contributed by atoms with Gasteiger partial charge in [-0.2, -0.15) is 0 Å². The molecule has 0 saturated carbocycles. The Labute approximate surface area is 167 Å². The highest BCUT2D eigenvalue weighted by Crippen LogP contribution is 2.50. The molecule has 0 aliphatic heterocycles. The van der Waals surface area contributed by atoms with Crippen molar-refractivity contribution in [2.45, 2.75) is 114 Å². The fraction of sp³-hybridized carbons (Fsp3) is 0.920. The maximum Gasteiger partial charge on any atom is 0.0242 e. The topological polar surface area (TPSA) is 26.0 Å². The summed E-state index contributed by atoms with van der Waals surface area (Å²) in [5, 5.41) is 0. The lowest BCUT2D eigenvalue weighted by molar-refractivity contribution is 0.0300. The molecule has 4 unspecified atom stereocenters. The van der Waals surface area contributed by atoms with Crippen molar-refractivity contribution in [2.24, 2.45) is 34.8 Å². The number of nitrogens with two attached hydrogens (primary N) is 1. The first-order valence-electron chi connectivity index (χ1n) is 11.7. The highest BCUT2D eigenvalue weighted by Gasteiger charge is 2.42. The summed E-state index contributed by atoms with van der Waals surface area (Å²) < 4.78 is 0. The van der Waals surface area contributed by atoms with Gasteiger partial charge in [0.1, 0.15) is 0 Å². The zero-order chi connectivity index (χ0) is 20.6. The highest BCUT2D eigenvalue weighted by atomic mass is 14.5. The summed E-state index contributed by atoms with van der Waals surface area (Å²) in [6, 6.07) is 0. The second-order valence-corrected chi connectivity index (χ2v) is 7.59. The maximum atomic E-state index is 5.81. The van der Waals surface area contributed by atoms with Gasteiger partial charge < -0.3 is 5.73 Å². The van der Waals surface area contributed by atoms with Crippen LogP contribution in [-0.2, 0) is 0 Å². The van der Waals surface area contributed by atoms with Crippen molar-refractivity contribution in [1.29, 1.82) is 0 Å². The van der Waals surface area contributed by atoms with Crippen LogP contribution in [0.3, 0.4) is 0 Å². The van der Waals surface area contributed by atoms with Gasteiger partial charge in [0.05, 0.1) is 0 Å². The molecule has 1 heteroatoms. The predicted molar refractivity (Wildman–Crippen MR) is 121 cm³/mol. The van der Waals surface area contributed by atoms with Crippen molar-refractivity contribution in [3.05, 3.63) is 0 Å². The lowest BCUT2D eigenvalue weighted by atomic mass is 9.58. The first-order chi connectivity index (χ1) is 12.6. The van der Waals surface area contributed by atoms with Crippen LogP contribution in [-0.4, -0.2) is 6.54 Å². The number of hydrogen-bond donors (Lipinski definition) is 1. The molecule has 0 amide bonds. The van der Waals surface area contributed by atoms with Crippen LogP contribution in [0.4, 0.5) is 0 Å². The van der Waals surface area contributed by atoms with E-state index in [2.05, 4.69) is 46.5 Å². The van der Waals surface area contributed by atoms with Crippen molar-refractivity contribution >= 4 is 0 Å². The van der Waals surface area contributed by atoms with Gasteiger partial charge in [-0.05, 0) is 55.4 Å². The molecule has 26 heavy (non-hydrogen) atoms. The Kier molecular flexibility index (Phi) is 17.8. The van der Waals surface area contributed by atoms with E-state index in [9.17, 15) is 0 Å². The van der Waals surface area contributed by atoms with E-state index in [0.29, 0.717) is 17.3 Å². The summed E-state index contributed by atoms with van der Waals surface area (Å²) in [6.45, 7) is 20.8. The second-order valence-electron chi connectivity index (χ2n) is 7.59. The van der Waals surface area contributed by atoms with E-state index in [0.717, 1.165) is 24.8 Å². The van der Waals surface area contributed by atoms with E-state index in [1.54, 1.807) is 0 Å². The number of hydrogen-bond acceptors (Lipinski definition) is 1. The fourth-order valence-corrected chi connectivity index (χ4v) is 4.87. The predicted octanol–water partition coefficient (Wildman–Crippen LogP) is 7.69. The molecule has 1 aliphatic rings. The first-order valence-corrected chi connectivity index (χ1v) is 11.7. The van der Waals surface area contributed by atoms with Crippen LogP contribution in [0.2, 0.25) is 0 Å². The molecular weight excluding hydrogens is 314 g/mol. The number of rotatable bonds is 11. The van der Waals surface area contributed by atoms with Crippen LogP contribution in [0.15, 0.2) is 0 Å². The molecule has 0 fully saturated rings. The Morgan fingerprint density at radius 1 is 1.04 bits per heavy atom. The average Bonchev–Trinajstić information content (AvgIpc) is 3.24. The van der Waals surface area contributed by atoms with Crippen molar-refractivity contribution in [3.8, 4) is 11.8 Å². The van der Waals surface area contributed by atoms with Gasteiger partial charge in [-0.1, -0.05) is 87.5 Å². The third-order valence-corrected chi connectivity index (χ3v) is 6.58. The van der Waals surface area contributed by atoms with Crippen LogP contribution in [0.1, 0.15) is 114 Å². The Morgan fingerprint density at radius 2 is 1.62 bits per heavy atom. The van der Waals surface area contributed by atoms with Crippen LogP contribution in [0, 0.1) is 40.9 Å². The van der Waals surface area contributed by atoms with Crippen LogP contribution in [0.5, 0.6) is 0 Å². The molecule has 0 aromatic carbocycles. The summed E-state index contributed by atoms with van der Waals surface area (Å²) in [6.07, 6.45) is 10.3. The Bertz CT molecular complexity index is 360. The van der Waals surface area contributed by atoms with Gasteiger partial charge in [-0.25, -0.2) is 0 Å². The Balaban J connectivity index is 0. The minimum Gasteiger partial charge on any atom is -0.330 e. The molecule has 4 atom stereocenters. The molecule has 0 radical (unpaired) electrons. The monoisotopic (exact) mass is 365 g/mol. The second kappa shape index (κ2) is 16.7. The first kappa shape index (κ1) is 27.7. The van der Waals surface area contributed by atoms with Crippen molar-refractivity contribution in [3.63, 3.8) is 0 Å². The molecule has 0 spiro atoms. The molecule has 0 heterocycles. The lowest BCUT2D eigenvalue weighted by Crippen LogP contribution is -2.39. The van der Waals surface area contributed by atoms with E-state index in [1.807, 2.05) is 27.7 Å². The molecule has 2 N–H and O–H groups in total. The molecule has 0 bridgehead atoms. The zero-order valence-corrected chi connectivity index (χ0v) is 19.8. The van der Waals surface area contributed by atoms with Crippen molar-refractivity contribution < 1.29 is 0 Å². The summed E-state index contributed by atoms with van der Waals surface area (Å²) in [4.78, 5) is 0. The molecule has 1 rings (SSSR count). The van der Waals surface area contributed by atoms with Gasteiger partial charge in [-0.3, -0.25) is 0 Å². The van der Waals surface area contributed by atoms with Crippen LogP contribution >= 0.6 is 0 Å². The summed E-state index contributed by atoms with van der Waals surface area (Å²) in [7, 11) is 0. The fourth-order valence-electron chi connectivity index (χ4n) is 4.87. The normalized spacial score (nSPS) is 19.9. The SMILES string of the molecule is CC.CC.CCC(CC)C(CC)(CCCC(C)CN)C(C)C1C#CCC1. The van der Waals surface area contributed by atoms with E-state index < -0.39 is 0 Å². The van der Waals surface area contributed by atoms with E-state index in [1.165, 1.54) is 44.9 Å².